The predicted molar refractivity (Wildman–Crippen MR) is 114 cm³/mol. The summed E-state index contributed by atoms with van der Waals surface area (Å²) in [5, 5.41) is 0.342. The molecular formula is C21H27ClN2O3S. The van der Waals surface area contributed by atoms with E-state index in [0.29, 0.717) is 5.02 Å². The van der Waals surface area contributed by atoms with Gasteiger partial charge in [0.15, 0.2) is 0 Å². The summed E-state index contributed by atoms with van der Waals surface area (Å²) in [4.78, 5) is 2.42. The van der Waals surface area contributed by atoms with E-state index in [1.165, 1.54) is 31.7 Å². The lowest BCUT2D eigenvalue weighted by Crippen LogP contribution is -2.32. The number of halogens is 1. The molecule has 1 aliphatic rings. The minimum Gasteiger partial charge on any atom is -0.495 e. The van der Waals surface area contributed by atoms with Gasteiger partial charge >= 0.3 is 0 Å². The number of benzene rings is 2. The van der Waals surface area contributed by atoms with Crippen molar-refractivity contribution in [1.29, 1.82) is 0 Å². The van der Waals surface area contributed by atoms with Crippen LogP contribution in [0.4, 0.5) is 5.69 Å². The first kappa shape index (κ1) is 21.0. The van der Waals surface area contributed by atoms with Crippen LogP contribution in [0.1, 0.15) is 38.3 Å². The second kappa shape index (κ2) is 8.72. The van der Waals surface area contributed by atoms with E-state index in [1.807, 2.05) is 19.1 Å². The topological polar surface area (TPSA) is 58.6 Å². The molecule has 1 unspecified atom stereocenters. The molecule has 1 N–H and O–H groups in total. The molecule has 28 heavy (non-hydrogen) atoms. The van der Waals surface area contributed by atoms with E-state index in [4.69, 9.17) is 16.3 Å². The summed E-state index contributed by atoms with van der Waals surface area (Å²) in [5.74, 6) is 1.05. The molecule has 0 aliphatic carbocycles. The van der Waals surface area contributed by atoms with Gasteiger partial charge in [0.05, 0.1) is 7.11 Å². The molecule has 0 spiro atoms. The number of ether oxygens (including phenoxy) is 1. The highest BCUT2D eigenvalue weighted by atomic mass is 35.5. The average Bonchev–Trinajstić information content (AvgIpc) is 2.68. The zero-order valence-electron chi connectivity index (χ0n) is 16.5. The zero-order valence-corrected chi connectivity index (χ0v) is 18.1. The van der Waals surface area contributed by atoms with E-state index in [0.717, 1.165) is 24.6 Å². The van der Waals surface area contributed by atoms with Gasteiger partial charge in [-0.3, -0.25) is 0 Å². The van der Waals surface area contributed by atoms with Gasteiger partial charge in [0.1, 0.15) is 10.6 Å². The van der Waals surface area contributed by atoms with E-state index >= 15 is 0 Å². The van der Waals surface area contributed by atoms with Crippen molar-refractivity contribution in [3.63, 3.8) is 0 Å². The summed E-state index contributed by atoms with van der Waals surface area (Å²) in [7, 11) is -2.34. The first-order valence-electron chi connectivity index (χ1n) is 9.51. The van der Waals surface area contributed by atoms with Crippen LogP contribution in [0.3, 0.4) is 0 Å². The van der Waals surface area contributed by atoms with Crippen molar-refractivity contribution in [2.75, 3.05) is 25.1 Å². The van der Waals surface area contributed by atoms with E-state index in [-0.39, 0.29) is 16.7 Å². The highest BCUT2D eigenvalue weighted by molar-refractivity contribution is 7.89. The Bertz CT molecular complexity index is 908. The minimum absolute atomic E-state index is 0.0356. The fourth-order valence-electron chi connectivity index (χ4n) is 3.47. The summed E-state index contributed by atoms with van der Waals surface area (Å²) < 4.78 is 33.6. The largest absolute Gasteiger partial charge is 0.495 e. The van der Waals surface area contributed by atoms with Gasteiger partial charge in [0.25, 0.3) is 0 Å². The van der Waals surface area contributed by atoms with Gasteiger partial charge in [-0.1, -0.05) is 30.7 Å². The van der Waals surface area contributed by atoms with Gasteiger partial charge in [0, 0.05) is 29.8 Å². The Balaban J connectivity index is 1.74. The normalized spacial score (nSPS) is 16.8. The molecule has 0 amide bonds. The number of nitrogens with one attached hydrogen (secondary N) is 1. The molecular weight excluding hydrogens is 396 g/mol. The van der Waals surface area contributed by atoms with E-state index in [9.17, 15) is 8.42 Å². The summed E-state index contributed by atoms with van der Waals surface area (Å²) >= 11 is 5.98. The molecule has 2 aromatic carbocycles. The van der Waals surface area contributed by atoms with Gasteiger partial charge in [-0.2, -0.15) is 0 Å². The molecule has 0 saturated carbocycles. The number of nitrogens with zero attached hydrogens (tertiary/aromatic N) is 1. The smallest absolute Gasteiger partial charge is 0.244 e. The number of hydrogen-bond donors (Lipinski definition) is 1. The van der Waals surface area contributed by atoms with Crippen molar-refractivity contribution in [2.45, 2.75) is 37.6 Å². The summed E-state index contributed by atoms with van der Waals surface area (Å²) in [6.45, 7) is 6.25. The molecule has 3 rings (SSSR count). The van der Waals surface area contributed by atoms with Crippen LogP contribution in [0.2, 0.25) is 5.02 Å². The predicted octanol–water partition coefficient (Wildman–Crippen LogP) is 4.62. The fraction of sp³-hybridized carbons (Fsp3) is 0.429. The highest BCUT2D eigenvalue weighted by Crippen LogP contribution is 2.29. The Hall–Kier alpha value is -1.76. The maximum atomic E-state index is 12.8. The van der Waals surface area contributed by atoms with Crippen LogP contribution >= 0.6 is 11.6 Å². The molecule has 0 bridgehead atoms. The summed E-state index contributed by atoms with van der Waals surface area (Å²) in [5.41, 5.74) is 2.08. The van der Waals surface area contributed by atoms with Gasteiger partial charge in [-0.25, -0.2) is 13.1 Å². The Morgan fingerprint density at radius 3 is 2.39 bits per heavy atom. The van der Waals surface area contributed by atoms with Crippen molar-refractivity contribution < 1.29 is 13.2 Å². The third kappa shape index (κ3) is 4.80. The van der Waals surface area contributed by atoms with Crippen LogP contribution in [-0.2, 0) is 10.0 Å². The standard InChI is InChI=1S/C21H27ClN2O3S/c1-15-10-12-24(13-11-15)19-7-4-17(5-8-19)16(2)23-28(25,26)21-14-18(22)6-9-20(21)27-3/h4-9,14-16,23H,10-13H2,1-3H3. The van der Waals surface area contributed by atoms with Crippen LogP contribution in [0.25, 0.3) is 0 Å². The molecule has 7 heteroatoms. The molecule has 0 aromatic heterocycles. The summed E-state index contributed by atoms with van der Waals surface area (Å²) in [6, 6.07) is 12.3. The highest BCUT2D eigenvalue weighted by Gasteiger charge is 2.23. The Morgan fingerprint density at radius 1 is 1.14 bits per heavy atom. The Morgan fingerprint density at radius 2 is 1.79 bits per heavy atom. The van der Waals surface area contributed by atoms with Gasteiger partial charge in [0.2, 0.25) is 10.0 Å². The second-order valence-electron chi connectivity index (χ2n) is 7.40. The van der Waals surface area contributed by atoms with E-state index in [2.05, 4.69) is 28.7 Å². The number of sulfonamides is 1. The van der Waals surface area contributed by atoms with Crippen molar-refractivity contribution in [3.8, 4) is 5.75 Å². The van der Waals surface area contributed by atoms with E-state index < -0.39 is 10.0 Å². The SMILES string of the molecule is COc1ccc(Cl)cc1S(=O)(=O)NC(C)c1ccc(N2CCC(C)CC2)cc1. The van der Waals surface area contributed by atoms with E-state index in [1.54, 1.807) is 12.1 Å². The maximum Gasteiger partial charge on any atom is 0.244 e. The third-order valence-electron chi connectivity index (χ3n) is 5.29. The molecule has 1 saturated heterocycles. The molecule has 5 nitrogen and oxygen atoms in total. The van der Waals surface area contributed by atoms with Crippen LogP contribution < -0.4 is 14.4 Å². The van der Waals surface area contributed by atoms with Crippen LogP contribution in [0, 0.1) is 5.92 Å². The molecule has 1 atom stereocenters. The number of rotatable bonds is 6. The number of methoxy groups -OCH3 is 1. The van der Waals surface area contributed by atoms with Crippen molar-refractivity contribution in [3.05, 3.63) is 53.1 Å². The Labute approximate surface area is 172 Å². The monoisotopic (exact) mass is 422 g/mol. The number of piperidine rings is 1. The Kier molecular flexibility index (Phi) is 6.53. The van der Waals surface area contributed by atoms with Gasteiger partial charge in [-0.15, -0.1) is 0 Å². The lowest BCUT2D eigenvalue weighted by atomic mass is 9.98. The third-order valence-corrected chi connectivity index (χ3v) is 7.09. The van der Waals surface area contributed by atoms with Crippen molar-refractivity contribution in [1.82, 2.24) is 4.72 Å². The average molecular weight is 423 g/mol. The lowest BCUT2D eigenvalue weighted by Gasteiger charge is -2.32. The van der Waals surface area contributed by atoms with Crippen LogP contribution in [0.15, 0.2) is 47.4 Å². The first-order chi connectivity index (χ1) is 13.3. The number of anilines is 1. The summed E-state index contributed by atoms with van der Waals surface area (Å²) in [6.07, 6.45) is 2.42. The van der Waals surface area contributed by atoms with Crippen LogP contribution in [0.5, 0.6) is 5.75 Å². The van der Waals surface area contributed by atoms with Crippen LogP contribution in [-0.4, -0.2) is 28.6 Å². The second-order valence-corrected chi connectivity index (χ2v) is 9.52. The van der Waals surface area contributed by atoms with Gasteiger partial charge in [-0.05, 0) is 61.6 Å². The lowest BCUT2D eigenvalue weighted by molar-refractivity contribution is 0.402. The first-order valence-corrected chi connectivity index (χ1v) is 11.4. The minimum atomic E-state index is -3.78. The van der Waals surface area contributed by atoms with Crippen molar-refractivity contribution in [2.24, 2.45) is 5.92 Å². The molecule has 1 fully saturated rings. The van der Waals surface area contributed by atoms with Crippen molar-refractivity contribution >= 4 is 27.3 Å². The quantitative estimate of drug-likeness (QED) is 0.737. The molecule has 0 radical (unpaired) electrons. The zero-order chi connectivity index (χ0) is 20.3. The molecule has 1 heterocycles. The maximum absolute atomic E-state index is 12.8. The fourth-order valence-corrected chi connectivity index (χ4v) is 5.13. The molecule has 2 aromatic rings. The molecule has 1 aliphatic heterocycles. The van der Waals surface area contributed by atoms with Gasteiger partial charge < -0.3 is 9.64 Å². The number of hydrogen-bond acceptors (Lipinski definition) is 4. The molecule has 152 valence electrons.